The molecule has 2 aliphatic heterocycles. The van der Waals surface area contributed by atoms with Crippen LogP contribution in [0.15, 0.2) is 18.2 Å². The lowest BCUT2D eigenvalue weighted by Gasteiger charge is -2.46. The summed E-state index contributed by atoms with van der Waals surface area (Å²) in [6.45, 7) is 7.63. The molecule has 110 valence electrons. The summed E-state index contributed by atoms with van der Waals surface area (Å²) in [6, 6.07) is 6.14. The Morgan fingerprint density at radius 2 is 2.10 bits per heavy atom. The molecule has 1 spiro atoms. The van der Waals surface area contributed by atoms with E-state index in [0.717, 1.165) is 43.7 Å². The van der Waals surface area contributed by atoms with Crippen LogP contribution < -0.4 is 4.74 Å². The fourth-order valence-electron chi connectivity index (χ4n) is 3.57. The molecule has 0 bridgehead atoms. The Balaban J connectivity index is 1.76. The lowest BCUT2D eigenvalue weighted by Crippen LogP contribution is -2.50. The van der Waals surface area contributed by atoms with Gasteiger partial charge in [0, 0.05) is 25.1 Å². The summed E-state index contributed by atoms with van der Waals surface area (Å²) < 4.78 is 6.33. The van der Waals surface area contributed by atoms with Crippen LogP contribution in [0.1, 0.15) is 49.8 Å². The number of aliphatic hydroxyl groups is 1. The molecule has 1 aromatic carbocycles. The Morgan fingerprint density at radius 3 is 2.80 bits per heavy atom. The number of ether oxygens (including phenoxy) is 1. The number of rotatable bonds is 2. The zero-order valence-electron chi connectivity index (χ0n) is 12.6. The summed E-state index contributed by atoms with van der Waals surface area (Å²) in [5.74, 6) is 0.887. The van der Waals surface area contributed by atoms with E-state index in [2.05, 4.69) is 30.9 Å². The van der Waals surface area contributed by atoms with Crippen LogP contribution in [-0.4, -0.2) is 35.2 Å². The quantitative estimate of drug-likeness (QED) is 0.900. The summed E-state index contributed by atoms with van der Waals surface area (Å²) >= 11 is 0. The lowest BCUT2D eigenvalue weighted by molar-refractivity contribution is -0.0538. The molecule has 1 atom stereocenters. The van der Waals surface area contributed by atoms with Gasteiger partial charge < -0.3 is 14.7 Å². The summed E-state index contributed by atoms with van der Waals surface area (Å²) in [5, 5.41) is 10.5. The van der Waals surface area contributed by atoms with Crippen LogP contribution in [-0.2, 0) is 0 Å². The normalized spacial score (nSPS) is 25.2. The van der Waals surface area contributed by atoms with Gasteiger partial charge in [-0.25, -0.2) is 0 Å². The van der Waals surface area contributed by atoms with E-state index < -0.39 is 0 Å². The van der Waals surface area contributed by atoms with Gasteiger partial charge in [0.1, 0.15) is 11.4 Å². The van der Waals surface area contributed by atoms with Crippen molar-refractivity contribution in [1.29, 1.82) is 0 Å². The summed E-state index contributed by atoms with van der Waals surface area (Å²) in [6.07, 6.45) is 3.62. The molecule has 1 aromatic rings. The minimum absolute atomic E-state index is 0.147. The van der Waals surface area contributed by atoms with Crippen molar-refractivity contribution in [2.45, 2.75) is 51.2 Å². The smallest absolute Gasteiger partial charge is 0.125 e. The third kappa shape index (κ3) is 2.57. The van der Waals surface area contributed by atoms with E-state index in [1.54, 1.807) is 0 Å². The van der Waals surface area contributed by atoms with Crippen molar-refractivity contribution in [3.63, 3.8) is 0 Å². The van der Waals surface area contributed by atoms with Crippen LogP contribution in [0.4, 0.5) is 0 Å². The topological polar surface area (TPSA) is 32.7 Å². The van der Waals surface area contributed by atoms with Crippen LogP contribution in [0.3, 0.4) is 0 Å². The Labute approximate surface area is 121 Å². The third-order valence-corrected chi connectivity index (χ3v) is 4.72. The van der Waals surface area contributed by atoms with Gasteiger partial charge >= 0.3 is 0 Å². The first-order valence-corrected chi connectivity index (χ1v) is 7.82. The van der Waals surface area contributed by atoms with Gasteiger partial charge in [-0.15, -0.1) is 0 Å². The van der Waals surface area contributed by atoms with Gasteiger partial charge in [0.15, 0.2) is 0 Å². The first kappa shape index (κ1) is 13.9. The molecule has 3 heteroatoms. The molecule has 1 saturated heterocycles. The molecule has 20 heavy (non-hydrogen) atoms. The first-order chi connectivity index (χ1) is 9.62. The van der Waals surface area contributed by atoms with Gasteiger partial charge in [0.2, 0.25) is 0 Å². The van der Waals surface area contributed by atoms with Crippen molar-refractivity contribution in [2.75, 3.05) is 19.6 Å². The SMILES string of the molecule is CCCN1CCC2(CC1)C[C@H](O)c1cc(C)ccc1O2. The highest BCUT2D eigenvalue weighted by Gasteiger charge is 2.42. The molecular weight excluding hydrogens is 250 g/mol. The fourth-order valence-corrected chi connectivity index (χ4v) is 3.57. The van der Waals surface area contributed by atoms with Crippen molar-refractivity contribution in [3.8, 4) is 5.75 Å². The Bertz CT molecular complexity index is 478. The number of hydrogen-bond acceptors (Lipinski definition) is 3. The number of hydrogen-bond donors (Lipinski definition) is 1. The van der Waals surface area contributed by atoms with Gasteiger partial charge in [-0.2, -0.15) is 0 Å². The average Bonchev–Trinajstić information content (AvgIpc) is 2.43. The summed E-state index contributed by atoms with van der Waals surface area (Å²) in [7, 11) is 0. The number of fused-ring (bicyclic) bond motifs is 1. The molecule has 1 fully saturated rings. The van der Waals surface area contributed by atoms with E-state index in [4.69, 9.17) is 4.74 Å². The van der Waals surface area contributed by atoms with E-state index in [-0.39, 0.29) is 11.7 Å². The van der Waals surface area contributed by atoms with Crippen molar-refractivity contribution < 1.29 is 9.84 Å². The molecule has 0 aliphatic carbocycles. The van der Waals surface area contributed by atoms with Crippen LogP contribution in [0.25, 0.3) is 0 Å². The average molecular weight is 275 g/mol. The molecule has 0 saturated carbocycles. The van der Waals surface area contributed by atoms with Gasteiger partial charge in [-0.05, 0) is 44.9 Å². The molecule has 0 amide bonds. The largest absolute Gasteiger partial charge is 0.487 e. The molecule has 3 nitrogen and oxygen atoms in total. The van der Waals surface area contributed by atoms with Crippen molar-refractivity contribution in [1.82, 2.24) is 4.90 Å². The van der Waals surface area contributed by atoms with Gasteiger partial charge in [0.05, 0.1) is 6.10 Å². The molecular formula is C17H25NO2. The van der Waals surface area contributed by atoms with Crippen LogP contribution in [0.5, 0.6) is 5.75 Å². The Hall–Kier alpha value is -1.06. The predicted molar refractivity (Wildman–Crippen MR) is 80.1 cm³/mol. The van der Waals surface area contributed by atoms with Gasteiger partial charge in [-0.1, -0.05) is 18.6 Å². The van der Waals surface area contributed by atoms with E-state index in [1.165, 1.54) is 18.5 Å². The second kappa shape index (κ2) is 5.38. The molecule has 0 radical (unpaired) electrons. The fraction of sp³-hybridized carbons (Fsp3) is 0.647. The maximum atomic E-state index is 10.5. The zero-order valence-corrected chi connectivity index (χ0v) is 12.6. The van der Waals surface area contributed by atoms with E-state index in [9.17, 15) is 5.11 Å². The third-order valence-electron chi connectivity index (χ3n) is 4.72. The second-order valence-corrected chi connectivity index (χ2v) is 6.39. The maximum Gasteiger partial charge on any atom is 0.125 e. The summed E-state index contributed by atoms with van der Waals surface area (Å²) in [5.41, 5.74) is 2.00. The van der Waals surface area contributed by atoms with Crippen molar-refractivity contribution in [3.05, 3.63) is 29.3 Å². The minimum atomic E-state index is -0.378. The monoisotopic (exact) mass is 275 g/mol. The highest BCUT2D eigenvalue weighted by molar-refractivity contribution is 5.41. The van der Waals surface area contributed by atoms with Gasteiger partial charge in [-0.3, -0.25) is 0 Å². The number of aryl methyl sites for hydroxylation is 1. The van der Waals surface area contributed by atoms with Crippen LogP contribution >= 0.6 is 0 Å². The Morgan fingerprint density at radius 1 is 1.35 bits per heavy atom. The van der Waals surface area contributed by atoms with Gasteiger partial charge in [0.25, 0.3) is 0 Å². The number of piperidine rings is 1. The predicted octanol–water partition coefficient (Wildman–Crippen LogP) is 3.06. The molecule has 0 unspecified atom stereocenters. The molecule has 1 N–H and O–H groups in total. The molecule has 2 aliphatic rings. The number of nitrogens with zero attached hydrogens (tertiary/aromatic N) is 1. The number of benzene rings is 1. The highest BCUT2D eigenvalue weighted by atomic mass is 16.5. The van der Waals surface area contributed by atoms with Crippen LogP contribution in [0.2, 0.25) is 0 Å². The van der Waals surface area contributed by atoms with Crippen molar-refractivity contribution >= 4 is 0 Å². The minimum Gasteiger partial charge on any atom is -0.487 e. The Kier molecular flexibility index (Phi) is 3.74. The molecule has 2 heterocycles. The van der Waals surface area contributed by atoms with Crippen LogP contribution in [0, 0.1) is 6.92 Å². The van der Waals surface area contributed by atoms with E-state index in [0.29, 0.717) is 0 Å². The molecule has 3 rings (SSSR count). The van der Waals surface area contributed by atoms with Crippen molar-refractivity contribution in [2.24, 2.45) is 0 Å². The molecule has 0 aromatic heterocycles. The van der Waals surface area contributed by atoms with E-state index >= 15 is 0 Å². The maximum absolute atomic E-state index is 10.5. The first-order valence-electron chi connectivity index (χ1n) is 7.82. The van der Waals surface area contributed by atoms with E-state index in [1.807, 2.05) is 6.07 Å². The number of likely N-dealkylation sites (tertiary alicyclic amines) is 1. The standard InChI is InChI=1S/C17H25NO2/c1-3-8-18-9-6-17(7-10-18)12-15(19)14-11-13(2)4-5-16(14)20-17/h4-5,11,15,19H,3,6-10,12H2,1-2H3/t15-/m0/s1. The summed E-state index contributed by atoms with van der Waals surface area (Å²) in [4.78, 5) is 2.51. The number of aliphatic hydroxyl groups excluding tert-OH is 1. The lowest BCUT2D eigenvalue weighted by atomic mass is 9.81. The highest BCUT2D eigenvalue weighted by Crippen LogP contribution is 2.44. The second-order valence-electron chi connectivity index (χ2n) is 6.39. The zero-order chi connectivity index (χ0) is 14.2.